The quantitative estimate of drug-likeness (QED) is 0.509. The third-order valence-corrected chi connectivity index (χ3v) is 4.79. The molecule has 1 aromatic heterocycles. The highest BCUT2D eigenvalue weighted by atomic mass is 35.5. The van der Waals surface area contributed by atoms with Crippen molar-refractivity contribution in [1.82, 2.24) is 9.78 Å². The van der Waals surface area contributed by atoms with Gasteiger partial charge in [-0.1, -0.05) is 41.4 Å². The van der Waals surface area contributed by atoms with Gasteiger partial charge in [-0.3, -0.25) is 4.79 Å². The van der Waals surface area contributed by atoms with E-state index in [9.17, 15) is 4.79 Å². The van der Waals surface area contributed by atoms with Crippen molar-refractivity contribution in [2.24, 2.45) is 0 Å². The largest absolute Gasteiger partial charge is 0.492 e. The molecule has 0 saturated heterocycles. The number of nitrogens with one attached hydrogen (secondary N) is 1. The van der Waals surface area contributed by atoms with Crippen molar-refractivity contribution in [2.45, 2.75) is 26.7 Å². The first kappa shape index (κ1) is 20.2. The molecule has 1 amide bonds. The summed E-state index contributed by atoms with van der Waals surface area (Å²) in [7, 11) is 0. The summed E-state index contributed by atoms with van der Waals surface area (Å²) < 4.78 is 7.44. The number of para-hydroxylation sites is 1. The topological polar surface area (TPSA) is 56.2 Å². The Balaban J connectivity index is 1.54. The Morgan fingerprint density at radius 1 is 1.14 bits per heavy atom. The van der Waals surface area contributed by atoms with Gasteiger partial charge in [0.2, 0.25) is 5.91 Å². The highest BCUT2D eigenvalue weighted by Gasteiger charge is 2.15. The van der Waals surface area contributed by atoms with Crippen molar-refractivity contribution in [2.75, 3.05) is 11.9 Å². The predicted molar refractivity (Wildman–Crippen MR) is 113 cm³/mol. The molecule has 0 aliphatic rings. The monoisotopic (exact) mass is 417 g/mol. The molecule has 3 rings (SSSR count). The second-order valence-electron chi connectivity index (χ2n) is 6.37. The van der Waals surface area contributed by atoms with E-state index >= 15 is 0 Å². The zero-order valence-electron chi connectivity index (χ0n) is 15.7. The number of nitrogens with zero attached hydrogens (tertiary/aromatic N) is 2. The molecular formula is C21H21Cl2N3O2. The molecule has 0 saturated carbocycles. The summed E-state index contributed by atoms with van der Waals surface area (Å²) in [5.74, 6) is 0.479. The number of benzene rings is 2. The second kappa shape index (κ2) is 9.13. The van der Waals surface area contributed by atoms with Gasteiger partial charge in [0, 0.05) is 11.4 Å². The average Bonchev–Trinajstić information content (AvgIpc) is 2.95. The van der Waals surface area contributed by atoms with Crippen LogP contribution >= 0.6 is 23.2 Å². The van der Waals surface area contributed by atoms with Gasteiger partial charge in [-0.2, -0.15) is 5.10 Å². The zero-order valence-corrected chi connectivity index (χ0v) is 17.2. The highest BCUT2D eigenvalue weighted by molar-refractivity contribution is 6.35. The standard InChI is InChI=1S/C21H21Cl2N3O2/c1-14-21(15(2)26(25-14)17-7-4-3-5-8-17)24-20(27)9-6-12-28-19-11-10-16(22)13-18(19)23/h3-5,7-8,10-11,13H,6,9,12H2,1-2H3,(H,24,27). The number of carbonyl (C=O) groups excluding carboxylic acids is 1. The lowest BCUT2D eigenvalue weighted by Gasteiger charge is -2.09. The Labute approximate surface area is 174 Å². The number of rotatable bonds is 7. The maximum Gasteiger partial charge on any atom is 0.224 e. The predicted octanol–water partition coefficient (Wildman–Crippen LogP) is 5.59. The number of carbonyl (C=O) groups is 1. The molecule has 0 aliphatic carbocycles. The molecule has 7 heteroatoms. The first-order chi connectivity index (χ1) is 13.5. The summed E-state index contributed by atoms with van der Waals surface area (Å²) >= 11 is 11.9. The van der Waals surface area contributed by atoms with Gasteiger partial charge in [-0.15, -0.1) is 0 Å². The number of anilines is 1. The van der Waals surface area contributed by atoms with E-state index in [1.807, 2.05) is 48.9 Å². The van der Waals surface area contributed by atoms with Crippen LogP contribution < -0.4 is 10.1 Å². The van der Waals surface area contributed by atoms with Crippen LogP contribution in [0.15, 0.2) is 48.5 Å². The normalized spacial score (nSPS) is 10.7. The van der Waals surface area contributed by atoms with Gasteiger partial charge in [0.15, 0.2) is 0 Å². The van der Waals surface area contributed by atoms with Crippen molar-refractivity contribution in [3.63, 3.8) is 0 Å². The molecule has 0 bridgehead atoms. The molecule has 0 fully saturated rings. The van der Waals surface area contributed by atoms with E-state index in [1.165, 1.54) is 0 Å². The molecule has 0 radical (unpaired) electrons. The van der Waals surface area contributed by atoms with Crippen molar-refractivity contribution in [3.8, 4) is 11.4 Å². The molecule has 28 heavy (non-hydrogen) atoms. The number of hydrogen-bond acceptors (Lipinski definition) is 3. The van der Waals surface area contributed by atoms with Crippen LogP contribution in [-0.2, 0) is 4.79 Å². The van der Waals surface area contributed by atoms with E-state index in [1.54, 1.807) is 18.2 Å². The Kier molecular flexibility index (Phi) is 6.60. The number of aryl methyl sites for hydroxylation is 1. The maximum absolute atomic E-state index is 12.3. The fraction of sp³-hybridized carbons (Fsp3) is 0.238. The van der Waals surface area contributed by atoms with Gasteiger partial charge in [-0.05, 0) is 50.6 Å². The lowest BCUT2D eigenvalue weighted by atomic mass is 10.2. The van der Waals surface area contributed by atoms with E-state index in [0.717, 1.165) is 22.8 Å². The summed E-state index contributed by atoms with van der Waals surface area (Å²) in [4.78, 5) is 12.3. The maximum atomic E-state index is 12.3. The van der Waals surface area contributed by atoms with Crippen LogP contribution in [-0.4, -0.2) is 22.3 Å². The Bertz CT molecular complexity index is 971. The number of aromatic nitrogens is 2. The molecule has 0 unspecified atom stereocenters. The first-order valence-corrected chi connectivity index (χ1v) is 9.70. The molecular weight excluding hydrogens is 397 g/mol. The number of halogens is 2. The molecule has 0 spiro atoms. The fourth-order valence-electron chi connectivity index (χ4n) is 2.85. The van der Waals surface area contributed by atoms with E-state index in [2.05, 4.69) is 10.4 Å². The van der Waals surface area contributed by atoms with Crippen molar-refractivity contribution < 1.29 is 9.53 Å². The molecule has 0 aliphatic heterocycles. The smallest absolute Gasteiger partial charge is 0.224 e. The lowest BCUT2D eigenvalue weighted by molar-refractivity contribution is -0.116. The number of ether oxygens (including phenoxy) is 1. The summed E-state index contributed by atoms with van der Waals surface area (Å²) in [6.07, 6.45) is 0.899. The van der Waals surface area contributed by atoms with Gasteiger partial charge >= 0.3 is 0 Å². The molecule has 1 heterocycles. The van der Waals surface area contributed by atoms with Crippen molar-refractivity contribution in [1.29, 1.82) is 0 Å². The third-order valence-electron chi connectivity index (χ3n) is 4.26. The minimum atomic E-state index is -0.0791. The van der Waals surface area contributed by atoms with Crippen LogP contribution in [0.4, 0.5) is 5.69 Å². The van der Waals surface area contributed by atoms with Crippen LogP contribution in [0.25, 0.3) is 5.69 Å². The molecule has 1 N–H and O–H groups in total. The van der Waals surface area contributed by atoms with Gasteiger partial charge in [0.1, 0.15) is 5.75 Å². The van der Waals surface area contributed by atoms with Crippen LogP contribution in [0.2, 0.25) is 10.0 Å². The summed E-state index contributed by atoms with van der Waals surface area (Å²) in [6, 6.07) is 14.9. The summed E-state index contributed by atoms with van der Waals surface area (Å²) in [5.41, 5.74) is 3.37. The van der Waals surface area contributed by atoms with Gasteiger partial charge < -0.3 is 10.1 Å². The van der Waals surface area contributed by atoms with Gasteiger partial charge in [-0.25, -0.2) is 4.68 Å². The Morgan fingerprint density at radius 3 is 2.61 bits per heavy atom. The molecule has 146 valence electrons. The summed E-state index contributed by atoms with van der Waals surface area (Å²) in [6.45, 7) is 4.21. The van der Waals surface area contributed by atoms with Crippen LogP contribution in [0, 0.1) is 13.8 Å². The minimum absolute atomic E-state index is 0.0791. The van der Waals surface area contributed by atoms with Crippen molar-refractivity contribution in [3.05, 3.63) is 70.0 Å². The first-order valence-electron chi connectivity index (χ1n) is 8.95. The average molecular weight is 418 g/mol. The van der Waals surface area contributed by atoms with Crippen LogP contribution in [0.3, 0.4) is 0 Å². The number of amides is 1. The zero-order chi connectivity index (χ0) is 20.1. The van der Waals surface area contributed by atoms with E-state index in [-0.39, 0.29) is 5.91 Å². The Morgan fingerprint density at radius 2 is 1.89 bits per heavy atom. The minimum Gasteiger partial charge on any atom is -0.492 e. The van der Waals surface area contributed by atoms with Crippen molar-refractivity contribution >= 4 is 34.8 Å². The molecule has 3 aromatic rings. The lowest BCUT2D eigenvalue weighted by Crippen LogP contribution is -2.14. The van der Waals surface area contributed by atoms with Crippen LogP contribution in [0.1, 0.15) is 24.2 Å². The van der Waals surface area contributed by atoms with Crippen LogP contribution in [0.5, 0.6) is 5.75 Å². The van der Waals surface area contributed by atoms with Gasteiger partial charge in [0.25, 0.3) is 0 Å². The summed E-state index contributed by atoms with van der Waals surface area (Å²) in [5, 5.41) is 8.51. The SMILES string of the molecule is Cc1nn(-c2ccccc2)c(C)c1NC(=O)CCCOc1ccc(Cl)cc1Cl. The van der Waals surface area contributed by atoms with E-state index in [0.29, 0.717) is 35.2 Å². The Hall–Kier alpha value is -2.50. The number of hydrogen-bond donors (Lipinski definition) is 1. The highest BCUT2D eigenvalue weighted by Crippen LogP contribution is 2.27. The van der Waals surface area contributed by atoms with E-state index < -0.39 is 0 Å². The molecule has 5 nitrogen and oxygen atoms in total. The fourth-order valence-corrected chi connectivity index (χ4v) is 3.32. The third kappa shape index (κ3) is 4.86. The van der Waals surface area contributed by atoms with Gasteiger partial charge in [0.05, 0.1) is 34.4 Å². The molecule has 0 atom stereocenters. The second-order valence-corrected chi connectivity index (χ2v) is 7.21. The molecule has 2 aromatic carbocycles. The van der Waals surface area contributed by atoms with E-state index in [4.69, 9.17) is 27.9 Å².